The lowest BCUT2D eigenvalue weighted by Gasteiger charge is -2.32. The monoisotopic (exact) mass is 343 g/mol. The number of ether oxygens (including phenoxy) is 2. The maximum Gasteiger partial charge on any atom is 0.246 e. The molecule has 2 aromatic heterocycles. The van der Waals surface area contributed by atoms with E-state index in [0.717, 1.165) is 35.4 Å². The highest BCUT2D eigenvalue weighted by molar-refractivity contribution is 5.82. The van der Waals surface area contributed by atoms with Crippen molar-refractivity contribution >= 4 is 11.0 Å². The zero-order chi connectivity index (χ0) is 17.4. The molecule has 0 N–H and O–H groups in total. The second kappa shape index (κ2) is 6.50. The van der Waals surface area contributed by atoms with E-state index in [0.29, 0.717) is 18.2 Å². The summed E-state index contributed by atoms with van der Waals surface area (Å²) in [4.78, 5) is 2.21. The molecule has 1 saturated heterocycles. The number of fused-ring (bicyclic) bond motifs is 1. The van der Waals surface area contributed by atoms with Crippen molar-refractivity contribution in [1.82, 2.24) is 15.1 Å². The maximum absolute atomic E-state index is 5.92. The van der Waals surface area contributed by atoms with Gasteiger partial charge < -0.3 is 23.2 Å². The van der Waals surface area contributed by atoms with Crippen LogP contribution in [0.1, 0.15) is 30.4 Å². The van der Waals surface area contributed by atoms with Crippen molar-refractivity contribution in [3.8, 4) is 5.75 Å². The van der Waals surface area contributed by atoms with Crippen LogP contribution < -0.4 is 4.74 Å². The zero-order valence-corrected chi connectivity index (χ0v) is 14.6. The minimum absolute atomic E-state index is 0.145. The van der Waals surface area contributed by atoms with E-state index in [9.17, 15) is 0 Å². The molecule has 4 rings (SSSR count). The lowest BCUT2D eigenvalue weighted by molar-refractivity contribution is -0.0825. The zero-order valence-electron chi connectivity index (χ0n) is 14.6. The Kier molecular flexibility index (Phi) is 4.19. The third-order valence-electron chi connectivity index (χ3n) is 4.41. The van der Waals surface area contributed by atoms with E-state index in [1.165, 1.54) is 0 Å². The second-order valence-electron chi connectivity index (χ2n) is 6.49. The molecule has 1 aliphatic rings. The van der Waals surface area contributed by atoms with Gasteiger partial charge in [-0.1, -0.05) is 0 Å². The van der Waals surface area contributed by atoms with Crippen molar-refractivity contribution in [2.75, 3.05) is 27.2 Å². The first-order valence-electron chi connectivity index (χ1n) is 8.33. The number of furan rings is 1. The summed E-state index contributed by atoms with van der Waals surface area (Å²) in [5.74, 6) is 1.85. The standard InChI is InChI=1S/C18H21N3O4/c1-11-8-21(2)9-16(24-11)18-20-19-17(25-18)6-12-10-23-15-7-13(22-3)4-5-14(12)15/h4-5,7,10-11,16H,6,8-9H2,1-3H3/t11-,16-/m1/s1. The van der Waals surface area contributed by atoms with E-state index < -0.39 is 0 Å². The minimum atomic E-state index is -0.180. The fraction of sp³-hybridized carbons (Fsp3) is 0.444. The SMILES string of the molecule is COc1ccc2c(Cc3nnc([C@H]4CN(C)C[C@@H](C)O4)o3)coc2c1. The Bertz CT molecular complexity index is 862. The second-order valence-corrected chi connectivity index (χ2v) is 6.49. The molecule has 0 bridgehead atoms. The van der Waals surface area contributed by atoms with Gasteiger partial charge in [-0.05, 0) is 26.1 Å². The quantitative estimate of drug-likeness (QED) is 0.721. The molecule has 0 spiro atoms. The summed E-state index contributed by atoms with van der Waals surface area (Å²) in [5, 5.41) is 9.37. The molecule has 132 valence electrons. The number of methoxy groups -OCH3 is 1. The molecule has 0 amide bonds. The number of aromatic nitrogens is 2. The van der Waals surface area contributed by atoms with Gasteiger partial charge in [-0.15, -0.1) is 10.2 Å². The van der Waals surface area contributed by atoms with Gasteiger partial charge in [-0.3, -0.25) is 0 Å². The van der Waals surface area contributed by atoms with Crippen LogP contribution in [-0.4, -0.2) is 48.4 Å². The minimum Gasteiger partial charge on any atom is -0.497 e. The molecular weight excluding hydrogens is 322 g/mol. The van der Waals surface area contributed by atoms with E-state index in [1.54, 1.807) is 13.4 Å². The average Bonchev–Trinajstić information content (AvgIpc) is 3.21. The Balaban J connectivity index is 1.53. The summed E-state index contributed by atoms with van der Waals surface area (Å²) < 4.78 is 22.6. The molecule has 7 heteroatoms. The lowest BCUT2D eigenvalue weighted by atomic mass is 10.1. The van der Waals surface area contributed by atoms with Crippen LogP contribution in [0.25, 0.3) is 11.0 Å². The van der Waals surface area contributed by atoms with Crippen molar-refractivity contribution in [3.05, 3.63) is 41.8 Å². The van der Waals surface area contributed by atoms with E-state index >= 15 is 0 Å². The van der Waals surface area contributed by atoms with E-state index in [4.69, 9.17) is 18.3 Å². The third kappa shape index (κ3) is 3.25. The molecule has 25 heavy (non-hydrogen) atoms. The van der Waals surface area contributed by atoms with Gasteiger partial charge in [0.2, 0.25) is 11.8 Å². The summed E-state index contributed by atoms with van der Waals surface area (Å²) in [6, 6.07) is 5.75. The van der Waals surface area contributed by atoms with E-state index in [1.807, 2.05) is 25.1 Å². The Hall–Kier alpha value is -2.38. The first-order valence-corrected chi connectivity index (χ1v) is 8.33. The molecule has 0 saturated carbocycles. The molecule has 1 fully saturated rings. The van der Waals surface area contributed by atoms with E-state index in [-0.39, 0.29) is 12.2 Å². The number of hydrogen-bond acceptors (Lipinski definition) is 7. The van der Waals surface area contributed by atoms with Crippen LogP contribution in [0.3, 0.4) is 0 Å². The number of hydrogen-bond donors (Lipinski definition) is 0. The van der Waals surface area contributed by atoms with Crippen molar-refractivity contribution in [2.24, 2.45) is 0 Å². The molecule has 0 aliphatic carbocycles. The highest BCUT2D eigenvalue weighted by Gasteiger charge is 2.28. The Morgan fingerprint density at radius 1 is 1.28 bits per heavy atom. The molecule has 1 aromatic carbocycles. The van der Waals surface area contributed by atoms with Gasteiger partial charge in [0.25, 0.3) is 0 Å². The smallest absolute Gasteiger partial charge is 0.246 e. The van der Waals surface area contributed by atoms with Gasteiger partial charge in [0.1, 0.15) is 17.4 Å². The van der Waals surface area contributed by atoms with Crippen LogP contribution >= 0.6 is 0 Å². The number of likely N-dealkylation sites (N-methyl/N-ethyl adjacent to an activating group) is 1. The maximum atomic E-state index is 5.92. The van der Waals surface area contributed by atoms with Crippen LogP contribution in [0.2, 0.25) is 0 Å². The van der Waals surface area contributed by atoms with Crippen LogP contribution in [0, 0.1) is 0 Å². The summed E-state index contributed by atoms with van der Waals surface area (Å²) in [5.41, 5.74) is 1.78. The highest BCUT2D eigenvalue weighted by Crippen LogP contribution is 2.28. The van der Waals surface area contributed by atoms with Crippen LogP contribution in [0.5, 0.6) is 5.75 Å². The normalized spacial score (nSPS) is 21.7. The molecular formula is C18H21N3O4. The van der Waals surface area contributed by atoms with Crippen molar-refractivity contribution in [3.63, 3.8) is 0 Å². The summed E-state index contributed by atoms with van der Waals surface area (Å²) >= 11 is 0. The molecule has 1 aliphatic heterocycles. The topological polar surface area (TPSA) is 73.8 Å². The molecule has 7 nitrogen and oxygen atoms in total. The summed E-state index contributed by atoms with van der Waals surface area (Å²) in [6.07, 6.45) is 2.21. The highest BCUT2D eigenvalue weighted by atomic mass is 16.5. The number of nitrogens with zero attached hydrogens (tertiary/aromatic N) is 3. The van der Waals surface area contributed by atoms with E-state index in [2.05, 4.69) is 22.1 Å². The number of rotatable bonds is 4. The van der Waals surface area contributed by atoms with Crippen LogP contribution in [-0.2, 0) is 11.2 Å². The Labute approximate surface area is 145 Å². The molecule has 2 atom stereocenters. The van der Waals surface area contributed by atoms with Crippen LogP contribution in [0.15, 0.2) is 33.3 Å². The fourth-order valence-corrected chi connectivity index (χ4v) is 3.26. The Morgan fingerprint density at radius 2 is 2.16 bits per heavy atom. The Morgan fingerprint density at radius 3 is 2.96 bits per heavy atom. The van der Waals surface area contributed by atoms with Gasteiger partial charge in [0.05, 0.1) is 25.9 Å². The predicted octanol–water partition coefficient (Wildman–Crippen LogP) is 2.81. The summed E-state index contributed by atoms with van der Waals surface area (Å²) in [7, 11) is 3.70. The lowest BCUT2D eigenvalue weighted by Crippen LogP contribution is -2.40. The van der Waals surface area contributed by atoms with Gasteiger partial charge in [-0.25, -0.2) is 0 Å². The molecule has 3 aromatic rings. The first-order chi connectivity index (χ1) is 12.1. The van der Waals surface area contributed by atoms with Gasteiger partial charge in [0, 0.05) is 30.1 Å². The first kappa shape index (κ1) is 16.1. The average molecular weight is 343 g/mol. The van der Waals surface area contributed by atoms with Gasteiger partial charge >= 0.3 is 0 Å². The van der Waals surface area contributed by atoms with Crippen molar-refractivity contribution < 1.29 is 18.3 Å². The molecule has 3 heterocycles. The third-order valence-corrected chi connectivity index (χ3v) is 4.41. The molecule has 0 radical (unpaired) electrons. The fourth-order valence-electron chi connectivity index (χ4n) is 3.26. The summed E-state index contributed by atoms with van der Waals surface area (Å²) in [6.45, 7) is 3.70. The van der Waals surface area contributed by atoms with Crippen LogP contribution in [0.4, 0.5) is 0 Å². The van der Waals surface area contributed by atoms with Crippen molar-refractivity contribution in [1.29, 1.82) is 0 Å². The number of benzene rings is 1. The van der Waals surface area contributed by atoms with Gasteiger partial charge in [-0.2, -0.15) is 0 Å². The van der Waals surface area contributed by atoms with Crippen molar-refractivity contribution in [2.45, 2.75) is 25.6 Å². The number of morpholine rings is 1. The predicted molar refractivity (Wildman–Crippen MR) is 90.7 cm³/mol. The largest absolute Gasteiger partial charge is 0.497 e. The molecule has 0 unspecified atom stereocenters. The van der Waals surface area contributed by atoms with Gasteiger partial charge in [0.15, 0.2) is 0 Å².